The molecule has 0 aliphatic carbocycles. The van der Waals surface area contributed by atoms with E-state index in [4.69, 9.17) is 5.73 Å². The molecule has 2 unspecified atom stereocenters. The Bertz CT molecular complexity index is 234. The van der Waals surface area contributed by atoms with Crippen LogP contribution in [0.2, 0.25) is 0 Å². The molecule has 1 saturated heterocycles. The highest BCUT2D eigenvalue weighted by atomic mass is 16.1. The zero-order valence-electron chi connectivity index (χ0n) is 10.6. The van der Waals surface area contributed by atoms with Crippen molar-refractivity contribution in [1.29, 1.82) is 0 Å². The standard InChI is InChI=1S/C11H24N4O/c1-13-10(11(12)16)8-15(3)9-5-4-6-14(2)7-9/h9-10,13H,4-8H2,1-3H3,(H2,12,16). The molecule has 0 spiro atoms. The molecule has 5 nitrogen and oxygen atoms in total. The molecule has 0 bridgehead atoms. The molecule has 0 aromatic carbocycles. The summed E-state index contributed by atoms with van der Waals surface area (Å²) in [5.74, 6) is -0.279. The van der Waals surface area contributed by atoms with Crippen LogP contribution in [0.4, 0.5) is 0 Å². The molecule has 0 saturated carbocycles. The average Bonchev–Trinajstić information content (AvgIpc) is 2.25. The van der Waals surface area contributed by atoms with Crippen LogP contribution < -0.4 is 11.1 Å². The van der Waals surface area contributed by atoms with E-state index in [-0.39, 0.29) is 11.9 Å². The van der Waals surface area contributed by atoms with E-state index in [1.54, 1.807) is 7.05 Å². The maximum absolute atomic E-state index is 11.1. The largest absolute Gasteiger partial charge is 0.368 e. The number of amides is 1. The summed E-state index contributed by atoms with van der Waals surface area (Å²) in [6, 6.07) is 0.284. The van der Waals surface area contributed by atoms with Gasteiger partial charge in [-0.15, -0.1) is 0 Å². The van der Waals surface area contributed by atoms with E-state index in [2.05, 4.69) is 29.2 Å². The molecular weight excluding hydrogens is 204 g/mol. The van der Waals surface area contributed by atoms with Gasteiger partial charge in [-0.3, -0.25) is 4.79 Å². The number of carbonyl (C=O) groups excluding carboxylic acids is 1. The number of likely N-dealkylation sites (tertiary alicyclic amines) is 1. The third-order valence-electron chi connectivity index (χ3n) is 3.39. The van der Waals surface area contributed by atoms with Crippen molar-refractivity contribution in [2.45, 2.75) is 24.9 Å². The monoisotopic (exact) mass is 228 g/mol. The molecule has 0 radical (unpaired) electrons. The summed E-state index contributed by atoms with van der Waals surface area (Å²) < 4.78 is 0. The number of nitrogens with zero attached hydrogens (tertiary/aromatic N) is 2. The number of rotatable bonds is 5. The second-order valence-corrected chi connectivity index (χ2v) is 4.74. The number of nitrogens with one attached hydrogen (secondary N) is 1. The molecule has 0 aromatic heterocycles. The van der Waals surface area contributed by atoms with E-state index in [1.165, 1.54) is 19.4 Å². The Labute approximate surface area is 98.0 Å². The summed E-state index contributed by atoms with van der Waals surface area (Å²) in [5, 5.41) is 2.95. The van der Waals surface area contributed by atoms with Gasteiger partial charge < -0.3 is 20.9 Å². The normalized spacial score (nSPS) is 24.6. The maximum Gasteiger partial charge on any atom is 0.235 e. The number of likely N-dealkylation sites (N-methyl/N-ethyl adjacent to an activating group) is 3. The summed E-state index contributed by atoms with van der Waals surface area (Å²) in [5.41, 5.74) is 5.31. The maximum atomic E-state index is 11.1. The van der Waals surface area contributed by atoms with Crippen LogP contribution in [-0.2, 0) is 4.79 Å². The second kappa shape index (κ2) is 6.18. The van der Waals surface area contributed by atoms with Gasteiger partial charge in [0.05, 0.1) is 6.04 Å². The highest BCUT2D eigenvalue weighted by Gasteiger charge is 2.24. The fraction of sp³-hybridized carbons (Fsp3) is 0.909. The molecule has 1 amide bonds. The van der Waals surface area contributed by atoms with Gasteiger partial charge in [-0.2, -0.15) is 0 Å². The first kappa shape index (κ1) is 13.4. The van der Waals surface area contributed by atoms with Crippen LogP contribution >= 0.6 is 0 Å². The summed E-state index contributed by atoms with van der Waals surface area (Å²) in [6.45, 7) is 2.94. The van der Waals surface area contributed by atoms with E-state index in [1.807, 2.05) is 0 Å². The number of primary amides is 1. The molecule has 2 atom stereocenters. The summed E-state index contributed by atoms with van der Waals surface area (Å²) in [6.07, 6.45) is 2.43. The lowest BCUT2D eigenvalue weighted by Crippen LogP contribution is -2.52. The highest BCUT2D eigenvalue weighted by molar-refractivity contribution is 5.80. The highest BCUT2D eigenvalue weighted by Crippen LogP contribution is 2.13. The van der Waals surface area contributed by atoms with Crippen LogP contribution in [0, 0.1) is 0 Å². The van der Waals surface area contributed by atoms with Crippen LogP contribution in [0.25, 0.3) is 0 Å². The van der Waals surface area contributed by atoms with Gasteiger partial charge in [0.15, 0.2) is 0 Å². The summed E-state index contributed by atoms with van der Waals surface area (Å²) >= 11 is 0. The smallest absolute Gasteiger partial charge is 0.235 e. The Hall–Kier alpha value is -0.650. The van der Waals surface area contributed by atoms with Crippen molar-refractivity contribution in [3.05, 3.63) is 0 Å². The molecule has 1 heterocycles. The zero-order valence-corrected chi connectivity index (χ0v) is 10.6. The van der Waals surface area contributed by atoms with Gasteiger partial charge in [0, 0.05) is 19.1 Å². The van der Waals surface area contributed by atoms with Crippen molar-refractivity contribution in [1.82, 2.24) is 15.1 Å². The first-order valence-electron chi connectivity index (χ1n) is 5.90. The Kier molecular flexibility index (Phi) is 5.18. The minimum Gasteiger partial charge on any atom is -0.368 e. The van der Waals surface area contributed by atoms with Crippen molar-refractivity contribution >= 4 is 5.91 Å². The molecular formula is C11H24N4O. The fourth-order valence-electron chi connectivity index (χ4n) is 2.26. The molecule has 1 aliphatic rings. The van der Waals surface area contributed by atoms with E-state index >= 15 is 0 Å². The van der Waals surface area contributed by atoms with E-state index in [9.17, 15) is 4.79 Å². The molecule has 5 heteroatoms. The minimum absolute atomic E-state index is 0.253. The van der Waals surface area contributed by atoms with Crippen LogP contribution in [0.5, 0.6) is 0 Å². The topological polar surface area (TPSA) is 61.6 Å². The van der Waals surface area contributed by atoms with Crippen molar-refractivity contribution in [2.75, 3.05) is 40.8 Å². The van der Waals surface area contributed by atoms with E-state index < -0.39 is 0 Å². The van der Waals surface area contributed by atoms with Crippen LogP contribution in [0.3, 0.4) is 0 Å². The quantitative estimate of drug-likeness (QED) is 0.639. The van der Waals surface area contributed by atoms with Gasteiger partial charge in [0.2, 0.25) is 5.91 Å². The molecule has 3 N–H and O–H groups in total. The first-order chi connectivity index (χ1) is 7.54. The molecule has 94 valence electrons. The minimum atomic E-state index is -0.279. The Morgan fingerprint density at radius 1 is 1.69 bits per heavy atom. The molecule has 1 aliphatic heterocycles. The van der Waals surface area contributed by atoms with Gasteiger partial charge >= 0.3 is 0 Å². The van der Waals surface area contributed by atoms with Crippen LogP contribution in [-0.4, -0.2) is 68.6 Å². The molecule has 1 fully saturated rings. The predicted octanol–water partition coefficient (Wildman–Crippen LogP) is -0.914. The molecule has 1 rings (SSSR count). The van der Waals surface area contributed by atoms with Gasteiger partial charge in [-0.25, -0.2) is 0 Å². The van der Waals surface area contributed by atoms with E-state index in [0.29, 0.717) is 12.6 Å². The third-order valence-corrected chi connectivity index (χ3v) is 3.39. The lowest BCUT2D eigenvalue weighted by Gasteiger charge is -2.36. The van der Waals surface area contributed by atoms with Gasteiger partial charge in [0.25, 0.3) is 0 Å². The SMILES string of the molecule is CNC(CN(C)C1CCCN(C)C1)C(N)=O. The third kappa shape index (κ3) is 3.73. The Morgan fingerprint density at radius 3 is 2.88 bits per heavy atom. The predicted molar refractivity (Wildman–Crippen MR) is 65.2 cm³/mol. The number of nitrogens with two attached hydrogens (primary N) is 1. The van der Waals surface area contributed by atoms with Crippen molar-refractivity contribution in [3.8, 4) is 0 Å². The van der Waals surface area contributed by atoms with Gasteiger partial charge in [-0.05, 0) is 40.5 Å². The summed E-state index contributed by atoms with van der Waals surface area (Å²) in [4.78, 5) is 15.7. The molecule has 0 aromatic rings. The number of piperidine rings is 1. The van der Waals surface area contributed by atoms with Gasteiger partial charge in [0.1, 0.15) is 0 Å². The van der Waals surface area contributed by atoms with Crippen molar-refractivity contribution in [2.24, 2.45) is 5.73 Å². The van der Waals surface area contributed by atoms with Crippen LogP contribution in [0.1, 0.15) is 12.8 Å². The first-order valence-corrected chi connectivity index (χ1v) is 5.90. The second-order valence-electron chi connectivity index (χ2n) is 4.74. The van der Waals surface area contributed by atoms with E-state index in [0.717, 1.165) is 6.54 Å². The number of hydrogen-bond donors (Lipinski definition) is 2. The van der Waals surface area contributed by atoms with Crippen molar-refractivity contribution in [3.63, 3.8) is 0 Å². The zero-order chi connectivity index (χ0) is 12.1. The lowest BCUT2D eigenvalue weighted by molar-refractivity contribution is -0.120. The Morgan fingerprint density at radius 2 is 2.38 bits per heavy atom. The van der Waals surface area contributed by atoms with Crippen LogP contribution in [0.15, 0.2) is 0 Å². The Balaban J connectivity index is 2.43. The van der Waals surface area contributed by atoms with Gasteiger partial charge in [-0.1, -0.05) is 0 Å². The van der Waals surface area contributed by atoms with Crippen molar-refractivity contribution < 1.29 is 4.79 Å². The summed E-state index contributed by atoms with van der Waals surface area (Å²) in [7, 11) is 5.98. The molecule has 16 heavy (non-hydrogen) atoms. The fourth-order valence-corrected chi connectivity index (χ4v) is 2.26. The lowest BCUT2D eigenvalue weighted by atomic mass is 10.0. The average molecular weight is 228 g/mol. The number of hydrogen-bond acceptors (Lipinski definition) is 4. The number of carbonyl (C=O) groups is 1.